The Morgan fingerprint density at radius 1 is 1.03 bits per heavy atom. The van der Waals surface area contributed by atoms with Gasteiger partial charge in [0, 0.05) is 36.8 Å². The Morgan fingerprint density at radius 2 is 1.82 bits per heavy atom. The summed E-state index contributed by atoms with van der Waals surface area (Å²) in [5.41, 5.74) is 4.30. The van der Waals surface area contributed by atoms with E-state index in [2.05, 4.69) is 38.6 Å². The molecular formula is C26H25N5O3. The number of pyridine rings is 1. The first-order valence-electron chi connectivity index (χ1n) is 11.0. The molecule has 0 radical (unpaired) electrons. The summed E-state index contributed by atoms with van der Waals surface area (Å²) in [6.45, 7) is 2.82. The molecule has 4 rings (SSSR count). The number of anilines is 1. The van der Waals surface area contributed by atoms with Crippen LogP contribution in [0.5, 0.6) is 0 Å². The van der Waals surface area contributed by atoms with Gasteiger partial charge in [0.25, 0.3) is 5.91 Å². The number of nitrogens with one attached hydrogen (secondary N) is 2. The monoisotopic (exact) mass is 455 g/mol. The summed E-state index contributed by atoms with van der Waals surface area (Å²) in [5.74, 6) is -0.195. The second-order valence-electron chi connectivity index (χ2n) is 7.97. The van der Waals surface area contributed by atoms with Gasteiger partial charge in [-0.05, 0) is 36.1 Å². The van der Waals surface area contributed by atoms with Crippen molar-refractivity contribution in [1.82, 2.24) is 20.3 Å². The molecule has 2 aromatic heterocycles. The van der Waals surface area contributed by atoms with Gasteiger partial charge in [-0.3, -0.25) is 9.78 Å². The Kier molecular flexibility index (Phi) is 6.77. The zero-order chi connectivity index (χ0) is 24.1. The summed E-state index contributed by atoms with van der Waals surface area (Å²) in [4.78, 5) is 36.4. The smallest absolute Gasteiger partial charge is 0.335 e. The van der Waals surface area contributed by atoms with E-state index in [-0.39, 0.29) is 17.4 Å². The number of nitrogens with zero attached hydrogens (tertiary/aromatic N) is 3. The number of fused-ring (bicyclic) bond motifs is 1. The van der Waals surface area contributed by atoms with Gasteiger partial charge in [0.05, 0.1) is 22.3 Å². The first kappa shape index (κ1) is 22.8. The van der Waals surface area contributed by atoms with Crippen molar-refractivity contribution in [1.29, 1.82) is 0 Å². The number of hydrogen-bond donors (Lipinski definition) is 3. The van der Waals surface area contributed by atoms with E-state index < -0.39 is 5.97 Å². The molecule has 0 aliphatic rings. The van der Waals surface area contributed by atoms with E-state index >= 15 is 0 Å². The zero-order valence-electron chi connectivity index (χ0n) is 18.9. The van der Waals surface area contributed by atoms with Crippen molar-refractivity contribution < 1.29 is 14.7 Å². The Bertz CT molecular complexity index is 1340. The van der Waals surface area contributed by atoms with Gasteiger partial charge in [0.1, 0.15) is 12.1 Å². The minimum atomic E-state index is -0.961. The van der Waals surface area contributed by atoms with Crippen LogP contribution in [0.4, 0.5) is 5.82 Å². The van der Waals surface area contributed by atoms with Crippen LogP contribution in [0.25, 0.3) is 22.2 Å². The van der Waals surface area contributed by atoms with Crippen molar-refractivity contribution in [3.63, 3.8) is 0 Å². The average molecular weight is 456 g/mol. The molecule has 2 aromatic carbocycles. The fraction of sp³-hybridized carbons (Fsp3) is 0.192. The van der Waals surface area contributed by atoms with Gasteiger partial charge in [-0.25, -0.2) is 14.8 Å². The molecule has 0 spiro atoms. The Hall–Kier alpha value is -4.33. The van der Waals surface area contributed by atoms with Crippen LogP contribution in [-0.4, -0.2) is 45.5 Å². The van der Waals surface area contributed by atoms with Crippen LogP contribution in [0, 0.1) is 0 Å². The van der Waals surface area contributed by atoms with Crippen molar-refractivity contribution in [3.8, 4) is 11.3 Å². The maximum absolute atomic E-state index is 12.2. The first-order valence-corrected chi connectivity index (χ1v) is 11.0. The van der Waals surface area contributed by atoms with Crippen molar-refractivity contribution >= 4 is 28.6 Å². The molecule has 1 unspecified atom stereocenters. The number of amides is 1. The van der Waals surface area contributed by atoms with Crippen molar-refractivity contribution in [3.05, 3.63) is 83.8 Å². The third-order valence-corrected chi connectivity index (χ3v) is 5.78. The number of aromatic carboxylic acids is 1. The summed E-state index contributed by atoms with van der Waals surface area (Å²) in [6.07, 6.45) is 3.99. The maximum atomic E-state index is 12.2. The van der Waals surface area contributed by atoms with E-state index in [1.54, 1.807) is 43.6 Å². The minimum Gasteiger partial charge on any atom is -0.478 e. The molecule has 8 heteroatoms. The SMILES string of the molecule is CNC(=O)c1ccnc2c(C(C)CCNc3cc(-c4ccc(C(=O)O)cc4)ncn3)cccc12. The molecule has 1 amide bonds. The predicted octanol–water partition coefficient (Wildman–Crippen LogP) is 4.36. The topological polar surface area (TPSA) is 117 Å². The quantitative estimate of drug-likeness (QED) is 0.361. The standard InChI is InChI=1S/C26H25N5O3/c1-16(19-4-3-5-20-21(25(32)27-2)11-13-29-24(19)20)10-12-28-23-14-22(30-15-31-23)17-6-8-18(9-7-17)26(33)34/h3-9,11,13-16H,10,12H2,1-2H3,(H,27,32)(H,33,34)(H,28,30,31). The second-order valence-corrected chi connectivity index (χ2v) is 7.97. The third-order valence-electron chi connectivity index (χ3n) is 5.78. The van der Waals surface area contributed by atoms with E-state index in [0.29, 0.717) is 23.6 Å². The van der Waals surface area contributed by atoms with E-state index in [9.17, 15) is 9.59 Å². The van der Waals surface area contributed by atoms with Gasteiger partial charge in [-0.1, -0.05) is 37.3 Å². The first-order chi connectivity index (χ1) is 16.5. The van der Waals surface area contributed by atoms with E-state index in [4.69, 9.17) is 5.11 Å². The number of rotatable bonds is 8. The number of hydrogen-bond acceptors (Lipinski definition) is 6. The van der Waals surface area contributed by atoms with Gasteiger partial charge in [-0.2, -0.15) is 0 Å². The fourth-order valence-corrected chi connectivity index (χ4v) is 3.90. The number of benzene rings is 2. The van der Waals surface area contributed by atoms with Crippen LogP contribution >= 0.6 is 0 Å². The maximum Gasteiger partial charge on any atom is 0.335 e. The molecule has 0 aliphatic carbocycles. The van der Waals surface area contributed by atoms with E-state index in [1.165, 1.54) is 6.33 Å². The lowest BCUT2D eigenvalue weighted by molar-refractivity contribution is 0.0696. The second kappa shape index (κ2) is 10.1. The van der Waals surface area contributed by atoms with Crippen LogP contribution in [0.1, 0.15) is 45.5 Å². The fourth-order valence-electron chi connectivity index (χ4n) is 3.90. The Balaban J connectivity index is 1.45. The van der Waals surface area contributed by atoms with Gasteiger partial charge in [0.2, 0.25) is 0 Å². The van der Waals surface area contributed by atoms with E-state index in [1.807, 2.05) is 18.2 Å². The molecule has 2 heterocycles. The average Bonchev–Trinajstić information content (AvgIpc) is 2.87. The highest BCUT2D eigenvalue weighted by Gasteiger charge is 2.15. The highest BCUT2D eigenvalue weighted by Crippen LogP contribution is 2.28. The normalized spacial score (nSPS) is 11.7. The molecule has 8 nitrogen and oxygen atoms in total. The van der Waals surface area contributed by atoms with E-state index in [0.717, 1.165) is 28.5 Å². The summed E-state index contributed by atoms with van der Waals surface area (Å²) in [5, 5.41) is 15.9. The van der Waals surface area contributed by atoms with Gasteiger partial charge >= 0.3 is 5.97 Å². The van der Waals surface area contributed by atoms with Crippen LogP contribution in [0.15, 0.2) is 67.1 Å². The van der Waals surface area contributed by atoms with Crippen molar-refractivity contribution in [2.24, 2.45) is 0 Å². The molecule has 3 N–H and O–H groups in total. The van der Waals surface area contributed by atoms with Gasteiger partial charge in [0.15, 0.2) is 0 Å². The van der Waals surface area contributed by atoms with Crippen LogP contribution in [0.2, 0.25) is 0 Å². The molecule has 4 aromatic rings. The minimum absolute atomic E-state index is 0.129. The Morgan fingerprint density at radius 3 is 2.56 bits per heavy atom. The van der Waals surface area contributed by atoms with Gasteiger partial charge < -0.3 is 15.7 Å². The lowest BCUT2D eigenvalue weighted by atomic mass is 9.93. The lowest BCUT2D eigenvalue weighted by Gasteiger charge is -2.16. The summed E-state index contributed by atoms with van der Waals surface area (Å²) in [7, 11) is 1.62. The number of carbonyl (C=O) groups is 2. The summed E-state index contributed by atoms with van der Waals surface area (Å²) >= 11 is 0. The van der Waals surface area contributed by atoms with Crippen LogP contribution in [0.3, 0.4) is 0 Å². The molecule has 0 bridgehead atoms. The zero-order valence-corrected chi connectivity index (χ0v) is 18.9. The Labute approximate surface area is 197 Å². The lowest BCUT2D eigenvalue weighted by Crippen LogP contribution is -2.18. The largest absolute Gasteiger partial charge is 0.478 e. The number of carbonyl (C=O) groups excluding carboxylic acids is 1. The molecule has 0 saturated carbocycles. The molecule has 0 saturated heterocycles. The molecule has 0 fully saturated rings. The highest BCUT2D eigenvalue weighted by molar-refractivity contribution is 6.06. The molecule has 172 valence electrons. The molecule has 34 heavy (non-hydrogen) atoms. The van der Waals surface area contributed by atoms with Crippen molar-refractivity contribution in [2.45, 2.75) is 19.3 Å². The summed E-state index contributed by atoms with van der Waals surface area (Å²) < 4.78 is 0. The molecule has 1 atom stereocenters. The number of carboxylic acids is 1. The highest BCUT2D eigenvalue weighted by atomic mass is 16.4. The number of carboxylic acid groups (broad SMARTS) is 1. The van der Waals surface area contributed by atoms with Crippen LogP contribution < -0.4 is 10.6 Å². The van der Waals surface area contributed by atoms with Crippen LogP contribution in [-0.2, 0) is 0 Å². The molecule has 0 aliphatic heterocycles. The number of para-hydroxylation sites is 1. The van der Waals surface area contributed by atoms with Crippen molar-refractivity contribution in [2.75, 3.05) is 18.9 Å². The van der Waals surface area contributed by atoms with Gasteiger partial charge in [-0.15, -0.1) is 0 Å². The predicted molar refractivity (Wildman–Crippen MR) is 131 cm³/mol. The number of aromatic nitrogens is 3. The third kappa shape index (κ3) is 4.85. The summed E-state index contributed by atoms with van der Waals surface area (Å²) in [6, 6.07) is 16.1. The molecular weight excluding hydrogens is 430 g/mol.